The van der Waals surface area contributed by atoms with Crippen LogP contribution in [0.2, 0.25) is 0 Å². The summed E-state index contributed by atoms with van der Waals surface area (Å²) in [4.78, 5) is 30.6. The van der Waals surface area contributed by atoms with Crippen LogP contribution < -0.4 is 0 Å². The zero-order valence-electron chi connectivity index (χ0n) is 37.3. The van der Waals surface area contributed by atoms with Crippen LogP contribution in [-0.4, -0.2) is 143 Å². The van der Waals surface area contributed by atoms with Crippen molar-refractivity contribution in [1.29, 1.82) is 0 Å². The van der Waals surface area contributed by atoms with Crippen molar-refractivity contribution in [1.82, 2.24) is 4.90 Å². The molecule has 0 spiro atoms. The van der Waals surface area contributed by atoms with Gasteiger partial charge in [-0.1, -0.05) is 39.8 Å². The van der Waals surface area contributed by atoms with Crippen molar-refractivity contribution in [2.24, 2.45) is 23.7 Å². The molecule has 3 saturated heterocycles. The zero-order chi connectivity index (χ0) is 44.4. The number of halogens is 1. The summed E-state index contributed by atoms with van der Waals surface area (Å²) < 4.78 is 59.0. The first-order valence-corrected chi connectivity index (χ1v) is 21.1. The number of benzene rings is 1. The summed E-state index contributed by atoms with van der Waals surface area (Å²) in [5.74, 6) is -5.36. The van der Waals surface area contributed by atoms with E-state index < -0.39 is 108 Å². The molecule has 14 nitrogen and oxygen atoms in total. The van der Waals surface area contributed by atoms with Gasteiger partial charge in [0.1, 0.15) is 35.5 Å². The van der Waals surface area contributed by atoms with E-state index in [1.807, 2.05) is 32.8 Å². The van der Waals surface area contributed by atoms with Crippen molar-refractivity contribution < 1.29 is 67.6 Å². The molecule has 4 rings (SSSR count). The highest BCUT2D eigenvalue weighted by Gasteiger charge is 2.54. The first-order valence-electron chi connectivity index (χ1n) is 21.1. The smallest absolute Gasteiger partial charge is 0.311 e. The van der Waals surface area contributed by atoms with Crippen molar-refractivity contribution in [3.8, 4) is 0 Å². The van der Waals surface area contributed by atoms with Gasteiger partial charge in [0.05, 0.1) is 54.2 Å². The van der Waals surface area contributed by atoms with Gasteiger partial charge in [0.15, 0.2) is 12.6 Å². The Labute approximate surface area is 350 Å². The van der Waals surface area contributed by atoms with E-state index in [-0.39, 0.29) is 43.8 Å². The fourth-order valence-electron chi connectivity index (χ4n) is 9.36. The number of aliphatic hydroxyl groups is 4. The quantitative estimate of drug-likeness (QED) is 0.247. The monoisotopic (exact) mass is 841 g/mol. The topological polar surface area (TPSA) is 183 Å². The molecule has 2 unspecified atom stereocenters. The predicted molar refractivity (Wildman–Crippen MR) is 215 cm³/mol. The molecule has 3 aliphatic rings. The molecule has 3 aliphatic heterocycles. The van der Waals surface area contributed by atoms with Crippen LogP contribution in [-0.2, 0) is 49.4 Å². The number of ether oxygens (including phenoxy) is 7. The van der Waals surface area contributed by atoms with Gasteiger partial charge in [-0.15, -0.1) is 0 Å². The summed E-state index contributed by atoms with van der Waals surface area (Å²) in [6, 6.07) is 5.46. The Morgan fingerprint density at radius 2 is 1.51 bits per heavy atom. The van der Waals surface area contributed by atoms with E-state index in [0.29, 0.717) is 12.0 Å². The number of hydrogen-bond donors (Lipinski definition) is 4. The van der Waals surface area contributed by atoms with Crippen LogP contribution >= 0.6 is 0 Å². The lowest BCUT2D eigenvalue weighted by Crippen LogP contribution is -2.61. The standard InChI is InChI=1S/C44H72FNO13/c1-14-32-44(10,52)37(49)25(4)34(47)23(2)20-43(9,54-22-29-15-17-30(45)18-16-29)39(59-41-35(48)31(46(11)12)19-24(3)55-41)26(5)36(27(6)40(51)57-32)58-33-21-42(8,53-13)38(50)28(7)56-33/h15-18,23-28,31-33,35-39,41,48-50,52H,14,19-22H2,1-13H3/t23-,24-,25+,26+,27-,28+,31+,32?,33+,35-,36?,37-,38+,39-,41+,42-,43-,44-/m1/s1. The Morgan fingerprint density at radius 3 is 2.08 bits per heavy atom. The van der Waals surface area contributed by atoms with E-state index >= 15 is 0 Å². The number of rotatable bonds is 10. The molecule has 0 aliphatic carbocycles. The van der Waals surface area contributed by atoms with E-state index in [1.54, 1.807) is 53.7 Å². The molecule has 0 bridgehead atoms. The van der Waals surface area contributed by atoms with Gasteiger partial charge >= 0.3 is 5.97 Å². The third kappa shape index (κ3) is 11.1. The SMILES string of the molecule is CCC1OC(=O)[C@H](C)C(O[C@H]2C[C@@](C)(OC)[C@@H](O)[C@H](C)O2)[C@H](C)[C@@H](O[C@@H]2O[C@H](C)C[C@H](N(C)C)[C@H]2O)[C@](C)(OCc2ccc(F)cc2)C[C@@H](C)C(=O)[C@H](C)[C@@H](O)[C@]1(C)O. The van der Waals surface area contributed by atoms with Gasteiger partial charge in [-0.25, -0.2) is 4.39 Å². The molecule has 18 atom stereocenters. The van der Waals surface area contributed by atoms with Crippen LogP contribution in [0.1, 0.15) is 100 Å². The normalized spacial score (nSPS) is 44.6. The van der Waals surface area contributed by atoms with Crippen molar-refractivity contribution in [3.05, 3.63) is 35.6 Å². The van der Waals surface area contributed by atoms with E-state index in [4.69, 9.17) is 33.2 Å². The number of Topliss-reactive ketones (excluding diaryl/α,β-unsaturated/α-hetero) is 1. The van der Waals surface area contributed by atoms with Gasteiger partial charge in [-0.2, -0.15) is 0 Å². The van der Waals surface area contributed by atoms with Gasteiger partial charge in [0.2, 0.25) is 0 Å². The lowest BCUT2D eigenvalue weighted by Gasteiger charge is -2.50. The van der Waals surface area contributed by atoms with Crippen LogP contribution in [0.15, 0.2) is 24.3 Å². The van der Waals surface area contributed by atoms with Gasteiger partial charge in [-0.3, -0.25) is 9.59 Å². The summed E-state index contributed by atoms with van der Waals surface area (Å²) in [6.45, 7) is 16.8. The molecular weight excluding hydrogens is 769 g/mol. The molecule has 3 heterocycles. The second-order valence-corrected chi connectivity index (χ2v) is 18.3. The van der Waals surface area contributed by atoms with E-state index in [9.17, 15) is 34.4 Å². The van der Waals surface area contributed by atoms with Crippen LogP contribution in [0.5, 0.6) is 0 Å². The van der Waals surface area contributed by atoms with Crippen LogP contribution in [0.3, 0.4) is 0 Å². The summed E-state index contributed by atoms with van der Waals surface area (Å²) in [5.41, 5.74) is -3.91. The van der Waals surface area contributed by atoms with E-state index in [0.717, 1.165) is 0 Å². The maximum atomic E-state index is 14.4. The van der Waals surface area contributed by atoms with Crippen molar-refractivity contribution >= 4 is 11.8 Å². The number of aliphatic hydroxyl groups excluding tert-OH is 3. The molecule has 0 saturated carbocycles. The van der Waals surface area contributed by atoms with Crippen molar-refractivity contribution in [3.63, 3.8) is 0 Å². The van der Waals surface area contributed by atoms with Gasteiger partial charge < -0.3 is 58.5 Å². The Balaban J connectivity index is 1.94. The highest BCUT2D eigenvalue weighted by Crippen LogP contribution is 2.42. The second kappa shape index (κ2) is 19.9. The lowest BCUT2D eigenvalue weighted by atomic mass is 9.73. The summed E-state index contributed by atoms with van der Waals surface area (Å²) in [5, 5.41) is 46.2. The molecule has 4 N–H and O–H groups in total. The maximum absolute atomic E-state index is 14.4. The van der Waals surface area contributed by atoms with Crippen LogP contribution in [0.4, 0.5) is 4.39 Å². The summed E-state index contributed by atoms with van der Waals surface area (Å²) in [7, 11) is 5.21. The molecule has 0 aromatic heterocycles. The molecule has 3 fully saturated rings. The fourth-order valence-corrected chi connectivity index (χ4v) is 9.36. The average molecular weight is 842 g/mol. The van der Waals surface area contributed by atoms with E-state index in [1.165, 1.54) is 33.1 Å². The third-order valence-electron chi connectivity index (χ3n) is 13.3. The number of nitrogens with zero attached hydrogens (tertiary/aromatic N) is 1. The minimum atomic E-state index is -2.02. The summed E-state index contributed by atoms with van der Waals surface area (Å²) >= 11 is 0. The Kier molecular flexibility index (Phi) is 16.7. The number of methoxy groups -OCH3 is 1. The number of likely N-dealkylation sites (N-methyl/N-ethyl adjacent to an activating group) is 1. The van der Waals surface area contributed by atoms with Gasteiger partial charge in [0.25, 0.3) is 0 Å². The number of esters is 1. The first-order chi connectivity index (χ1) is 27.4. The number of carbonyl (C=O) groups is 2. The molecule has 0 radical (unpaired) electrons. The predicted octanol–water partition coefficient (Wildman–Crippen LogP) is 4.15. The number of ketones is 1. The Morgan fingerprint density at radius 1 is 0.881 bits per heavy atom. The Bertz CT molecular complexity index is 1530. The van der Waals surface area contributed by atoms with Crippen molar-refractivity contribution in [2.45, 2.75) is 186 Å². The zero-order valence-corrected chi connectivity index (χ0v) is 37.3. The molecule has 1 aromatic carbocycles. The number of carbonyl (C=O) groups excluding carboxylic acids is 2. The second-order valence-electron chi connectivity index (χ2n) is 18.3. The number of cyclic esters (lactones) is 1. The highest BCUT2D eigenvalue weighted by atomic mass is 19.1. The van der Waals surface area contributed by atoms with Crippen molar-refractivity contribution in [2.75, 3.05) is 21.2 Å². The molecule has 1 aromatic rings. The lowest BCUT2D eigenvalue weighted by molar-refractivity contribution is -0.321. The molecular formula is C44H72FNO13. The fraction of sp³-hybridized carbons (Fsp3) is 0.818. The first kappa shape index (κ1) is 49.5. The highest BCUT2D eigenvalue weighted by molar-refractivity contribution is 5.83. The van der Waals surface area contributed by atoms with Gasteiger partial charge in [-0.05, 0) is 92.6 Å². The Hall–Kier alpha value is -2.15. The van der Waals surface area contributed by atoms with E-state index in [2.05, 4.69) is 0 Å². The van der Waals surface area contributed by atoms with Gasteiger partial charge in [0, 0.05) is 37.3 Å². The largest absolute Gasteiger partial charge is 0.459 e. The maximum Gasteiger partial charge on any atom is 0.311 e. The molecule has 338 valence electrons. The molecule has 15 heteroatoms. The molecule has 0 amide bonds. The summed E-state index contributed by atoms with van der Waals surface area (Å²) in [6.07, 6.45) is -9.67. The number of hydrogen-bond acceptors (Lipinski definition) is 14. The average Bonchev–Trinajstić information content (AvgIpc) is 3.18. The van der Waals surface area contributed by atoms with Crippen LogP contribution in [0.25, 0.3) is 0 Å². The minimum absolute atomic E-state index is 0.00434. The van der Waals surface area contributed by atoms with Crippen LogP contribution in [0, 0.1) is 29.5 Å². The molecule has 59 heavy (non-hydrogen) atoms. The third-order valence-corrected chi connectivity index (χ3v) is 13.3. The minimum Gasteiger partial charge on any atom is -0.459 e.